The van der Waals surface area contributed by atoms with Crippen LogP contribution in [0, 0.1) is 23.7 Å². The Bertz CT molecular complexity index is 1180. The van der Waals surface area contributed by atoms with Gasteiger partial charge in [-0.15, -0.1) is 0 Å². The van der Waals surface area contributed by atoms with Crippen molar-refractivity contribution in [2.24, 2.45) is 23.7 Å². The first kappa shape index (κ1) is 44.1. The van der Waals surface area contributed by atoms with Crippen LogP contribution < -0.4 is 0 Å². The molecule has 1 heterocycles. The predicted octanol–water partition coefficient (Wildman–Crippen LogP) is 6.32. The van der Waals surface area contributed by atoms with Crippen molar-refractivity contribution in [1.82, 2.24) is 19.6 Å². The standard InChI is InChI=1S/C44H76N4O7/c1-45(2)35-15-7-31(8-16-35)25-33-11-19-37(20-12-33)47(5)27-39(49)29-53-43(51)41-23-24-42(55-41)44(52)54-30-40(50)28-48(6)38-21-13-34(14-22-38)26-32-9-17-36(18-10-32)46(3)4/h23-24,31-40,49-50H,7-22,25-30H2,1-6H3. The van der Waals surface area contributed by atoms with Crippen molar-refractivity contribution >= 4 is 11.9 Å². The van der Waals surface area contributed by atoms with E-state index in [2.05, 4.69) is 47.8 Å². The first-order chi connectivity index (χ1) is 26.3. The van der Waals surface area contributed by atoms with E-state index in [0.717, 1.165) is 61.4 Å². The summed E-state index contributed by atoms with van der Waals surface area (Å²) in [5, 5.41) is 21.3. The third-order valence-electron chi connectivity index (χ3n) is 14.1. The molecule has 0 saturated heterocycles. The molecule has 1 aromatic rings. The van der Waals surface area contributed by atoms with Gasteiger partial charge in [0.2, 0.25) is 11.5 Å². The lowest BCUT2D eigenvalue weighted by Gasteiger charge is -2.38. The zero-order valence-electron chi connectivity index (χ0n) is 35.2. The van der Waals surface area contributed by atoms with Gasteiger partial charge in [0.15, 0.2) is 0 Å². The molecule has 1 aromatic heterocycles. The van der Waals surface area contributed by atoms with E-state index >= 15 is 0 Å². The molecule has 4 aliphatic rings. The molecule has 0 amide bonds. The molecule has 5 rings (SSSR count). The third kappa shape index (κ3) is 13.8. The minimum absolute atomic E-state index is 0.127. The Morgan fingerprint density at radius 2 is 0.836 bits per heavy atom. The van der Waals surface area contributed by atoms with Gasteiger partial charge in [0.1, 0.15) is 25.4 Å². The lowest BCUT2D eigenvalue weighted by atomic mass is 9.75. The molecule has 2 unspecified atom stereocenters. The number of esters is 2. The van der Waals surface area contributed by atoms with E-state index < -0.39 is 24.1 Å². The van der Waals surface area contributed by atoms with Crippen LogP contribution in [0.1, 0.15) is 137 Å². The number of carbonyl (C=O) groups is 2. The van der Waals surface area contributed by atoms with Crippen molar-refractivity contribution in [2.75, 3.05) is 68.6 Å². The molecule has 0 radical (unpaired) electrons. The number of furan rings is 1. The van der Waals surface area contributed by atoms with Gasteiger partial charge in [-0.2, -0.15) is 0 Å². The van der Waals surface area contributed by atoms with Crippen molar-refractivity contribution in [3.63, 3.8) is 0 Å². The molecule has 0 aliphatic heterocycles. The Hall–Kier alpha value is -2.02. The lowest BCUT2D eigenvalue weighted by molar-refractivity contribution is 0.00608. The molecular formula is C44H76N4O7. The summed E-state index contributed by atoms with van der Waals surface area (Å²) in [4.78, 5) is 34.5. The fraction of sp³-hybridized carbons (Fsp3) is 0.864. The molecule has 4 aliphatic carbocycles. The Kier molecular flexibility index (Phi) is 17.4. The number of ether oxygens (including phenoxy) is 2. The molecular weight excluding hydrogens is 697 g/mol. The molecule has 0 bridgehead atoms. The summed E-state index contributed by atoms with van der Waals surface area (Å²) < 4.78 is 16.1. The number of rotatable bonds is 18. The summed E-state index contributed by atoms with van der Waals surface area (Å²) in [6, 6.07) is 5.11. The fourth-order valence-corrected chi connectivity index (χ4v) is 10.5. The van der Waals surface area contributed by atoms with Crippen LogP contribution in [0.2, 0.25) is 0 Å². The van der Waals surface area contributed by atoms with Crippen LogP contribution in [-0.4, -0.2) is 147 Å². The van der Waals surface area contributed by atoms with Crippen LogP contribution in [0.15, 0.2) is 16.5 Å². The molecule has 0 spiro atoms. The average Bonchev–Trinajstić information content (AvgIpc) is 3.68. The van der Waals surface area contributed by atoms with Gasteiger partial charge in [-0.25, -0.2) is 9.59 Å². The maximum Gasteiger partial charge on any atom is 0.374 e. The lowest BCUT2D eigenvalue weighted by Crippen LogP contribution is -2.41. The Labute approximate surface area is 332 Å². The van der Waals surface area contributed by atoms with Gasteiger partial charge in [-0.05, 0) is 194 Å². The van der Waals surface area contributed by atoms with Gasteiger partial charge in [-0.3, -0.25) is 0 Å². The summed E-state index contributed by atoms with van der Waals surface area (Å²) in [6.45, 7) is 0.524. The summed E-state index contributed by atoms with van der Waals surface area (Å²) in [6.07, 6.45) is 21.3. The van der Waals surface area contributed by atoms with Crippen molar-refractivity contribution in [1.29, 1.82) is 0 Å². The molecule has 11 nitrogen and oxygen atoms in total. The van der Waals surface area contributed by atoms with E-state index in [-0.39, 0.29) is 24.7 Å². The Morgan fingerprint density at radius 3 is 1.13 bits per heavy atom. The molecule has 0 aromatic carbocycles. The van der Waals surface area contributed by atoms with Gasteiger partial charge < -0.3 is 43.7 Å². The zero-order valence-corrected chi connectivity index (χ0v) is 35.2. The van der Waals surface area contributed by atoms with Crippen LogP contribution in [0.4, 0.5) is 0 Å². The van der Waals surface area contributed by atoms with Crippen LogP contribution in [0.25, 0.3) is 0 Å². The second kappa shape index (κ2) is 21.7. The number of hydrogen-bond acceptors (Lipinski definition) is 11. The highest BCUT2D eigenvalue weighted by molar-refractivity contribution is 5.90. The molecule has 55 heavy (non-hydrogen) atoms. The number of likely N-dealkylation sites (N-methyl/N-ethyl adjacent to an activating group) is 2. The van der Waals surface area contributed by atoms with E-state index in [1.807, 2.05) is 14.1 Å². The highest BCUT2D eigenvalue weighted by atomic mass is 16.6. The largest absolute Gasteiger partial charge is 0.457 e. The van der Waals surface area contributed by atoms with E-state index in [1.54, 1.807) is 0 Å². The van der Waals surface area contributed by atoms with Gasteiger partial charge in [-0.1, -0.05) is 0 Å². The topological polar surface area (TPSA) is 119 Å². The van der Waals surface area contributed by atoms with Gasteiger partial charge >= 0.3 is 11.9 Å². The van der Waals surface area contributed by atoms with Gasteiger partial charge in [0, 0.05) is 37.3 Å². The number of aliphatic hydroxyl groups excluding tert-OH is 2. The minimum atomic E-state index is -0.828. The van der Waals surface area contributed by atoms with E-state index in [0.29, 0.717) is 25.2 Å². The van der Waals surface area contributed by atoms with Crippen molar-refractivity contribution < 1.29 is 33.7 Å². The number of hydrogen-bond donors (Lipinski definition) is 2. The SMILES string of the molecule is CN(C)C1CCC(CC2CCC(N(C)CC(O)COC(=O)c3ccc(C(=O)OCC(O)CN(C)C4CCC(CC5CCC(N(C)C)CC5)CC4)o3)CC2)CC1. The average molecular weight is 773 g/mol. The molecule has 4 saturated carbocycles. The van der Waals surface area contributed by atoms with Gasteiger partial charge in [0.05, 0.1) is 0 Å². The smallest absolute Gasteiger partial charge is 0.374 e. The van der Waals surface area contributed by atoms with Crippen LogP contribution in [0.3, 0.4) is 0 Å². The van der Waals surface area contributed by atoms with Crippen molar-refractivity contribution in [3.8, 4) is 0 Å². The first-order valence-corrected chi connectivity index (χ1v) is 21.9. The second-order valence-electron chi connectivity index (χ2n) is 18.6. The van der Waals surface area contributed by atoms with Crippen molar-refractivity contribution in [3.05, 3.63) is 23.7 Å². The van der Waals surface area contributed by atoms with Crippen LogP contribution in [0.5, 0.6) is 0 Å². The summed E-state index contributed by atoms with van der Waals surface area (Å²) in [7, 11) is 12.9. The number of aliphatic hydroxyl groups is 2. The van der Waals surface area contributed by atoms with Crippen LogP contribution in [-0.2, 0) is 9.47 Å². The third-order valence-corrected chi connectivity index (χ3v) is 14.1. The highest BCUT2D eigenvalue weighted by Gasteiger charge is 2.31. The summed E-state index contributed by atoms with van der Waals surface area (Å²) >= 11 is 0. The second-order valence-corrected chi connectivity index (χ2v) is 18.6. The Morgan fingerprint density at radius 1 is 0.545 bits per heavy atom. The molecule has 2 N–H and O–H groups in total. The number of carbonyl (C=O) groups excluding carboxylic acids is 2. The number of nitrogens with zero attached hydrogens (tertiary/aromatic N) is 4. The van der Waals surface area contributed by atoms with E-state index in [9.17, 15) is 19.8 Å². The molecule has 314 valence electrons. The monoisotopic (exact) mass is 773 g/mol. The van der Waals surface area contributed by atoms with E-state index in [4.69, 9.17) is 13.9 Å². The minimum Gasteiger partial charge on any atom is -0.457 e. The first-order valence-electron chi connectivity index (χ1n) is 21.9. The van der Waals surface area contributed by atoms with Gasteiger partial charge in [0.25, 0.3) is 0 Å². The predicted molar refractivity (Wildman–Crippen MR) is 216 cm³/mol. The molecule has 4 fully saturated rings. The zero-order chi connectivity index (χ0) is 39.5. The maximum atomic E-state index is 12.7. The quantitative estimate of drug-likeness (QED) is 0.163. The molecule has 2 atom stereocenters. The molecule has 11 heteroatoms. The van der Waals surface area contributed by atoms with Crippen LogP contribution >= 0.6 is 0 Å². The summed E-state index contributed by atoms with van der Waals surface area (Å²) in [5.74, 6) is 1.64. The highest BCUT2D eigenvalue weighted by Crippen LogP contribution is 2.38. The maximum absolute atomic E-state index is 12.7. The normalized spacial score (nSPS) is 30.5. The Balaban J connectivity index is 0.917. The van der Waals surface area contributed by atoms with Crippen molar-refractivity contribution in [2.45, 2.75) is 152 Å². The van der Waals surface area contributed by atoms with E-state index in [1.165, 1.54) is 102 Å². The summed E-state index contributed by atoms with van der Waals surface area (Å²) in [5.41, 5.74) is 0. The fourth-order valence-electron chi connectivity index (χ4n) is 10.5.